The predicted octanol–water partition coefficient (Wildman–Crippen LogP) is 1.52. The van der Waals surface area contributed by atoms with Crippen molar-refractivity contribution < 1.29 is 4.52 Å². The molecule has 0 fully saturated rings. The molecule has 0 saturated carbocycles. The highest BCUT2D eigenvalue weighted by molar-refractivity contribution is 7.13. The summed E-state index contributed by atoms with van der Waals surface area (Å²) in [6.07, 6.45) is 4.29. The Balaban J connectivity index is 1.51. The van der Waals surface area contributed by atoms with Gasteiger partial charge in [-0.25, -0.2) is 0 Å². The third-order valence-electron chi connectivity index (χ3n) is 2.97. The Morgan fingerprint density at radius 1 is 1.33 bits per heavy atom. The van der Waals surface area contributed by atoms with Crippen LogP contribution >= 0.6 is 11.3 Å². The lowest BCUT2D eigenvalue weighted by atomic mass is 10.3. The molecular weight excluding hydrogens is 288 g/mol. The number of hydrogen-bond donors (Lipinski definition) is 1. The predicted molar refractivity (Wildman–Crippen MR) is 78.7 cm³/mol. The normalized spacial score (nSPS) is 11.1. The highest BCUT2D eigenvalue weighted by Gasteiger charge is 2.09. The van der Waals surface area contributed by atoms with E-state index in [1.807, 2.05) is 28.4 Å². The van der Waals surface area contributed by atoms with Crippen LogP contribution in [0.4, 0.5) is 0 Å². The van der Waals surface area contributed by atoms with Gasteiger partial charge in [0.1, 0.15) is 0 Å². The molecule has 0 aliphatic heterocycles. The van der Waals surface area contributed by atoms with Crippen molar-refractivity contribution in [3.63, 3.8) is 0 Å². The van der Waals surface area contributed by atoms with Crippen LogP contribution in [0, 0.1) is 0 Å². The number of aromatic nitrogens is 5. The first-order valence-electron chi connectivity index (χ1n) is 6.80. The molecule has 0 amide bonds. The zero-order valence-electron chi connectivity index (χ0n) is 11.5. The van der Waals surface area contributed by atoms with Crippen LogP contribution in [-0.2, 0) is 19.4 Å². The lowest BCUT2D eigenvalue weighted by Gasteiger charge is -1.96. The zero-order chi connectivity index (χ0) is 14.5. The second-order valence-corrected chi connectivity index (χ2v) is 5.55. The van der Waals surface area contributed by atoms with Crippen LogP contribution in [0.2, 0.25) is 0 Å². The van der Waals surface area contributed by atoms with Gasteiger partial charge in [-0.3, -0.25) is 4.68 Å². The first-order valence-corrected chi connectivity index (χ1v) is 7.68. The van der Waals surface area contributed by atoms with Gasteiger partial charge in [-0.05, 0) is 24.4 Å². The summed E-state index contributed by atoms with van der Waals surface area (Å²) < 4.78 is 7.07. The Bertz CT molecular complexity index is 674. The summed E-state index contributed by atoms with van der Waals surface area (Å²) in [4.78, 5) is 5.41. The third kappa shape index (κ3) is 3.53. The Morgan fingerprint density at radius 2 is 2.29 bits per heavy atom. The summed E-state index contributed by atoms with van der Waals surface area (Å²) in [5.74, 6) is 1.31. The van der Waals surface area contributed by atoms with Gasteiger partial charge < -0.3 is 10.3 Å². The minimum absolute atomic E-state index is 0.589. The van der Waals surface area contributed by atoms with Gasteiger partial charge in [0.05, 0.1) is 10.6 Å². The van der Waals surface area contributed by atoms with E-state index in [9.17, 15) is 0 Å². The molecule has 0 aliphatic rings. The van der Waals surface area contributed by atoms with Crippen molar-refractivity contribution >= 4 is 11.3 Å². The molecule has 110 valence electrons. The van der Waals surface area contributed by atoms with Crippen LogP contribution in [0.15, 0.2) is 28.2 Å². The average molecular weight is 304 g/mol. The van der Waals surface area contributed by atoms with E-state index in [4.69, 9.17) is 10.3 Å². The molecule has 2 N–H and O–H groups in total. The molecule has 0 saturated heterocycles. The molecule has 3 heterocycles. The summed E-state index contributed by atoms with van der Waals surface area (Å²) in [7, 11) is 0. The standard InChI is InChI=1S/C13H16N6OS/c14-6-5-10-9-19(18-16-10)7-1-4-12-15-13(17-20-12)11-3-2-8-21-11/h2-3,8-9H,1,4-7,14H2. The van der Waals surface area contributed by atoms with Crippen LogP contribution in [0.5, 0.6) is 0 Å². The molecule has 0 spiro atoms. The molecule has 21 heavy (non-hydrogen) atoms. The van der Waals surface area contributed by atoms with Crippen molar-refractivity contribution in [2.75, 3.05) is 6.54 Å². The molecule has 3 aromatic heterocycles. The number of hydrogen-bond acceptors (Lipinski definition) is 7. The third-order valence-corrected chi connectivity index (χ3v) is 3.84. The van der Waals surface area contributed by atoms with Gasteiger partial charge in [0.25, 0.3) is 0 Å². The monoisotopic (exact) mass is 304 g/mol. The summed E-state index contributed by atoms with van der Waals surface area (Å²) in [6, 6.07) is 3.95. The Hall–Kier alpha value is -2.06. The fraction of sp³-hybridized carbons (Fsp3) is 0.385. The summed E-state index contributed by atoms with van der Waals surface area (Å²) in [6.45, 7) is 1.36. The first-order chi connectivity index (χ1) is 10.3. The number of thiophene rings is 1. The van der Waals surface area contributed by atoms with Crippen LogP contribution < -0.4 is 5.73 Å². The van der Waals surface area contributed by atoms with Gasteiger partial charge in [-0.1, -0.05) is 16.4 Å². The fourth-order valence-electron chi connectivity index (χ4n) is 1.96. The van der Waals surface area contributed by atoms with Crippen LogP contribution in [-0.4, -0.2) is 31.7 Å². The minimum Gasteiger partial charge on any atom is -0.339 e. The molecular formula is C13H16N6OS. The molecule has 0 aromatic carbocycles. The number of rotatable bonds is 7. The van der Waals surface area contributed by atoms with E-state index in [-0.39, 0.29) is 0 Å². The van der Waals surface area contributed by atoms with E-state index in [0.29, 0.717) is 18.3 Å². The van der Waals surface area contributed by atoms with Crippen molar-refractivity contribution in [2.45, 2.75) is 25.8 Å². The Morgan fingerprint density at radius 3 is 3.10 bits per heavy atom. The Kier molecular flexibility index (Phi) is 4.37. The molecule has 0 atom stereocenters. The van der Waals surface area contributed by atoms with E-state index in [1.54, 1.807) is 11.3 Å². The van der Waals surface area contributed by atoms with E-state index in [1.165, 1.54) is 0 Å². The molecule has 3 aromatic rings. The van der Waals surface area contributed by atoms with E-state index >= 15 is 0 Å². The topological polar surface area (TPSA) is 95.7 Å². The molecule has 3 rings (SSSR count). The van der Waals surface area contributed by atoms with Crippen molar-refractivity contribution in [3.8, 4) is 10.7 Å². The van der Waals surface area contributed by atoms with Gasteiger partial charge in [0.15, 0.2) is 0 Å². The van der Waals surface area contributed by atoms with Crippen LogP contribution in [0.1, 0.15) is 18.0 Å². The number of nitrogens with two attached hydrogens (primary N) is 1. The molecule has 7 nitrogen and oxygen atoms in total. The minimum atomic E-state index is 0.589. The van der Waals surface area contributed by atoms with E-state index in [0.717, 1.165) is 36.4 Å². The maximum atomic E-state index is 5.48. The van der Waals surface area contributed by atoms with Crippen LogP contribution in [0.25, 0.3) is 10.7 Å². The summed E-state index contributed by atoms with van der Waals surface area (Å²) in [5, 5.41) is 14.1. The molecule has 0 bridgehead atoms. The highest BCUT2D eigenvalue weighted by atomic mass is 32.1. The van der Waals surface area contributed by atoms with Crippen LogP contribution in [0.3, 0.4) is 0 Å². The molecule has 8 heteroatoms. The lowest BCUT2D eigenvalue weighted by Crippen LogP contribution is -2.03. The molecule has 0 aliphatic carbocycles. The SMILES string of the molecule is NCCc1cn(CCCc2nc(-c3cccs3)no2)nn1. The van der Waals surface area contributed by atoms with Crippen molar-refractivity contribution in [1.82, 2.24) is 25.1 Å². The lowest BCUT2D eigenvalue weighted by molar-refractivity contribution is 0.371. The number of nitrogens with zero attached hydrogens (tertiary/aromatic N) is 5. The molecule has 0 unspecified atom stereocenters. The highest BCUT2D eigenvalue weighted by Crippen LogP contribution is 2.21. The van der Waals surface area contributed by atoms with Gasteiger partial charge in [0, 0.05) is 25.6 Å². The number of aryl methyl sites for hydroxylation is 2. The average Bonchev–Trinajstić information content (AvgIpc) is 3.20. The second-order valence-electron chi connectivity index (χ2n) is 4.60. The van der Waals surface area contributed by atoms with E-state index < -0.39 is 0 Å². The summed E-state index contributed by atoms with van der Waals surface area (Å²) in [5.41, 5.74) is 6.41. The van der Waals surface area contributed by atoms with Gasteiger partial charge in [-0.15, -0.1) is 16.4 Å². The van der Waals surface area contributed by atoms with E-state index in [2.05, 4.69) is 20.5 Å². The first kappa shape index (κ1) is 13.9. The maximum absolute atomic E-state index is 5.48. The smallest absolute Gasteiger partial charge is 0.227 e. The van der Waals surface area contributed by atoms with Crippen molar-refractivity contribution in [3.05, 3.63) is 35.3 Å². The summed E-state index contributed by atoms with van der Waals surface area (Å²) >= 11 is 1.60. The van der Waals surface area contributed by atoms with Gasteiger partial charge in [0.2, 0.25) is 11.7 Å². The van der Waals surface area contributed by atoms with Gasteiger partial charge in [-0.2, -0.15) is 4.98 Å². The maximum Gasteiger partial charge on any atom is 0.227 e. The van der Waals surface area contributed by atoms with Crippen molar-refractivity contribution in [2.24, 2.45) is 5.73 Å². The quantitative estimate of drug-likeness (QED) is 0.711. The van der Waals surface area contributed by atoms with Crippen molar-refractivity contribution in [1.29, 1.82) is 0 Å². The largest absolute Gasteiger partial charge is 0.339 e. The second kappa shape index (κ2) is 6.59. The fourth-order valence-corrected chi connectivity index (χ4v) is 2.61. The zero-order valence-corrected chi connectivity index (χ0v) is 12.3. The Labute approximate surface area is 125 Å². The van der Waals surface area contributed by atoms with Gasteiger partial charge >= 0.3 is 0 Å². The molecule has 0 radical (unpaired) electrons.